The van der Waals surface area contributed by atoms with Gasteiger partial charge < -0.3 is 4.98 Å². The van der Waals surface area contributed by atoms with Crippen LogP contribution >= 0.6 is 0 Å². The lowest BCUT2D eigenvalue weighted by molar-refractivity contribution is 0.112. The second-order valence-corrected chi connectivity index (χ2v) is 5.43. The highest BCUT2D eigenvalue weighted by Crippen LogP contribution is 2.34. The van der Waals surface area contributed by atoms with Gasteiger partial charge in [0.1, 0.15) is 17.9 Å². The van der Waals surface area contributed by atoms with Crippen molar-refractivity contribution >= 4 is 28.1 Å². The Morgan fingerprint density at radius 2 is 1.57 bits per heavy atom. The van der Waals surface area contributed by atoms with E-state index in [1.54, 1.807) is 30.3 Å². The van der Waals surface area contributed by atoms with Crippen LogP contribution in [0.3, 0.4) is 0 Å². The maximum Gasteiger partial charge on any atom is 0.150 e. The molecule has 0 unspecified atom stereocenters. The molecule has 4 heteroatoms. The number of H-pyrrole nitrogens is 1. The number of carbonyl (C=O) groups is 1. The van der Waals surface area contributed by atoms with Crippen molar-refractivity contribution in [1.82, 2.24) is 4.98 Å². The number of aldehydes is 1. The number of aromatic nitrogens is 1. The monoisotopic (exact) mass is 307 g/mol. The third-order valence-electron chi connectivity index (χ3n) is 3.99. The van der Waals surface area contributed by atoms with E-state index >= 15 is 0 Å². The highest BCUT2D eigenvalue weighted by atomic mass is 19.1. The van der Waals surface area contributed by atoms with Crippen molar-refractivity contribution in [3.05, 3.63) is 71.8 Å². The largest absolute Gasteiger partial charge is 0.354 e. The zero-order chi connectivity index (χ0) is 16.0. The van der Waals surface area contributed by atoms with E-state index in [9.17, 15) is 13.6 Å². The molecular formula is C19H11F2NO. The molecule has 0 aliphatic heterocycles. The summed E-state index contributed by atoms with van der Waals surface area (Å²) in [5, 5.41) is 1.28. The lowest BCUT2D eigenvalue weighted by Crippen LogP contribution is -1.85. The normalized spacial score (nSPS) is 11.2. The summed E-state index contributed by atoms with van der Waals surface area (Å²) in [4.78, 5) is 14.0. The number of carbonyl (C=O) groups excluding carboxylic acids is 1. The maximum atomic E-state index is 14.1. The van der Waals surface area contributed by atoms with Gasteiger partial charge in [0.2, 0.25) is 0 Å². The molecule has 0 bridgehead atoms. The number of nitrogens with one attached hydrogen (secondary N) is 1. The van der Waals surface area contributed by atoms with Gasteiger partial charge in [0.05, 0.1) is 5.52 Å². The Kier molecular flexibility index (Phi) is 2.98. The number of hydrogen-bond acceptors (Lipinski definition) is 1. The average molecular weight is 307 g/mol. The summed E-state index contributed by atoms with van der Waals surface area (Å²) in [6, 6.07) is 14.1. The second-order valence-electron chi connectivity index (χ2n) is 5.43. The van der Waals surface area contributed by atoms with Gasteiger partial charge in [0.25, 0.3) is 0 Å². The molecular weight excluding hydrogens is 296 g/mol. The molecule has 112 valence electrons. The molecule has 0 aliphatic rings. The molecule has 0 fully saturated rings. The summed E-state index contributed by atoms with van der Waals surface area (Å²) in [5.41, 5.74) is 3.50. The zero-order valence-corrected chi connectivity index (χ0v) is 11.9. The molecule has 0 aliphatic carbocycles. The lowest BCUT2D eigenvalue weighted by Gasteiger charge is -2.05. The first kappa shape index (κ1) is 13.6. The lowest BCUT2D eigenvalue weighted by atomic mass is 10.0. The first-order chi connectivity index (χ1) is 11.2. The van der Waals surface area contributed by atoms with Crippen LogP contribution in [0.15, 0.2) is 54.6 Å². The van der Waals surface area contributed by atoms with Crippen LogP contribution < -0.4 is 0 Å². The number of aromatic amines is 1. The molecule has 1 N–H and O–H groups in total. The van der Waals surface area contributed by atoms with Crippen LogP contribution in [0, 0.1) is 11.6 Å². The van der Waals surface area contributed by atoms with Crippen LogP contribution in [0.5, 0.6) is 0 Å². The third kappa shape index (κ3) is 2.19. The van der Waals surface area contributed by atoms with Gasteiger partial charge >= 0.3 is 0 Å². The first-order valence-corrected chi connectivity index (χ1v) is 7.12. The Hall–Kier alpha value is -3.01. The van der Waals surface area contributed by atoms with Crippen molar-refractivity contribution < 1.29 is 13.6 Å². The van der Waals surface area contributed by atoms with Gasteiger partial charge in [-0.2, -0.15) is 0 Å². The van der Waals surface area contributed by atoms with E-state index in [1.165, 1.54) is 24.3 Å². The van der Waals surface area contributed by atoms with Crippen LogP contribution in [0.2, 0.25) is 0 Å². The van der Waals surface area contributed by atoms with Gasteiger partial charge in [0.15, 0.2) is 0 Å². The van der Waals surface area contributed by atoms with E-state index < -0.39 is 5.82 Å². The molecule has 3 aromatic carbocycles. The van der Waals surface area contributed by atoms with E-state index in [0.29, 0.717) is 21.9 Å². The quantitative estimate of drug-likeness (QED) is 0.515. The molecule has 23 heavy (non-hydrogen) atoms. The van der Waals surface area contributed by atoms with E-state index in [2.05, 4.69) is 4.98 Å². The minimum Gasteiger partial charge on any atom is -0.354 e. The van der Waals surface area contributed by atoms with Crippen LogP contribution in [0.25, 0.3) is 32.9 Å². The summed E-state index contributed by atoms with van der Waals surface area (Å²) < 4.78 is 27.6. The Morgan fingerprint density at radius 1 is 0.826 bits per heavy atom. The predicted molar refractivity (Wildman–Crippen MR) is 86.5 cm³/mol. The number of halogens is 2. The summed E-state index contributed by atoms with van der Waals surface area (Å²) in [7, 11) is 0. The predicted octanol–water partition coefficient (Wildman–Crippen LogP) is 5.08. The molecule has 0 radical (unpaired) electrons. The van der Waals surface area contributed by atoms with Gasteiger partial charge in [-0.1, -0.05) is 24.3 Å². The van der Waals surface area contributed by atoms with Crippen molar-refractivity contribution in [2.45, 2.75) is 0 Å². The van der Waals surface area contributed by atoms with Crippen LogP contribution in [-0.4, -0.2) is 11.3 Å². The second kappa shape index (κ2) is 5.02. The fourth-order valence-corrected chi connectivity index (χ4v) is 2.91. The molecule has 0 saturated heterocycles. The number of rotatable bonds is 2. The van der Waals surface area contributed by atoms with Gasteiger partial charge in [-0.25, -0.2) is 8.78 Å². The average Bonchev–Trinajstić information content (AvgIpc) is 2.92. The van der Waals surface area contributed by atoms with Crippen molar-refractivity contribution in [2.75, 3.05) is 0 Å². The minimum atomic E-state index is -0.392. The standard InChI is InChI=1S/C19H11F2NO/c20-13-5-6-18-16(7-13)17-9-14(21)8-15(19(17)22-18)12-3-1-11(10-23)2-4-12/h1-10,22H. The maximum absolute atomic E-state index is 14.1. The molecule has 1 aromatic heterocycles. The molecule has 0 spiro atoms. The first-order valence-electron chi connectivity index (χ1n) is 7.12. The van der Waals surface area contributed by atoms with E-state index in [0.717, 1.165) is 22.9 Å². The highest BCUT2D eigenvalue weighted by Gasteiger charge is 2.12. The fraction of sp³-hybridized carbons (Fsp3) is 0. The van der Waals surface area contributed by atoms with Crippen LogP contribution in [-0.2, 0) is 0 Å². The third-order valence-corrected chi connectivity index (χ3v) is 3.99. The Morgan fingerprint density at radius 3 is 2.30 bits per heavy atom. The fourth-order valence-electron chi connectivity index (χ4n) is 2.91. The molecule has 4 rings (SSSR count). The van der Waals surface area contributed by atoms with Crippen LogP contribution in [0.4, 0.5) is 8.78 Å². The summed E-state index contributed by atoms with van der Waals surface area (Å²) >= 11 is 0. The topological polar surface area (TPSA) is 32.9 Å². The minimum absolute atomic E-state index is 0.362. The number of fused-ring (bicyclic) bond motifs is 3. The Bertz CT molecular complexity index is 1050. The number of hydrogen-bond donors (Lipinski definition) is 1. The van der Waals surface area contributed by atoms with E-state index in [4.69, 9.17) is 0 Å². The smallest absolute Gasteiger partial charge is 0.150 e. The van der Waals surface area contributed by atoms with Gasteiger partial charge in [-0.15, -0.1) is 0 Å². The molecule has 0 saturated carbocycles. The molecule has 2 nitrogen and oxygen atoms in total. The van der Waals surface area contributed by atoms with Crippen molar-refractivity contribution in [1.29, 1.82) is 0 Å². The molecule has 0 atom stereocenters. The molecule has 0 amide bonds. The number of benzene rings is 3. The van der Waals surface area contributed by atoms with Crippen molar-refractivity contribution in [3.63, 3.8) is 0 Å². The van der Waals surface area contributed by atoms with E-state index in [1.807, 2.05) is 0 Å². The van der Waals surface area contributed by atoms with Gasteiger partial charge in [-0.3, -0.25) is 4.79 Å². The Balaban J connectivity index is 2.05. The van der Waals surface area contributed by atoms with Gasteiger partial charge in [-0.05, 0) is 35.9 Å². The Labute approximate surface area is 130 Å². The zero-order valence-electron chi connectivity index (χ0n) is 11.9. The van der Waals surface area contributed by atoms with Crippen LogP contribution in [0.1, 0.15) is 10.4 Å². The SMILES string of the molecule is O=Cc1ccc(-c2cc(F)cc3c2[nH]c2ccc(F)cc23)cc1. The van der Waals surface area contributed by atoms with Crippen molar-refractivity contribution in [2.24, 2.45) is 0 Å². The van der Waals surface area contributed by atoms with Crippen molar-refractivity contribution in [3.8, 4) is 11.1 Å². The summed E-state index contributed by atoms with van der Waals surface area (Å²) in [5.74, 6) is -0.753. The van der Waals surface area contributed by atoms with Gasteiger partial charge in [0, 0.05) is 27.4 Å². The molecule has 4 aromatic rings. The highest BCUT2D eigenvalue weighted by molar-refractivity contribution is 6.11. The molecule has 1 heterocycles. The summed E-state index contributed by atoms with van der Waals surface area (Å²) in [6.07, 6.45) is 0.761. The van der Waals surface area contributed by atoms with E-state index in [-0.39, 0.29) is 5.82 Å². The summed E-state index contributed by atoms with van der Waals surface area (Å²) in [6.45, 7) is 0.